The molecular weight excluding hydrogens is 366 g/mol. The van der Waals surface area contributed by atoms with E-state index in [2.05, 4.69) is 10.3 Å². The van der Waals surface area contributed by atoms with E-state index in [1.54, 1.807) is 24.3 Å². The van der Waals surface area contributed by atoms with Crippen molar-refractivity contribution < 1.29 is 14.3 Å². The highest BCUT2D eigenvalue weighted by molar-refractivity contribution is 6.04. The molecule has 150 valence electrons. The van der Waals surface area contributed by atoms with Gasteiger partial charge >= 0.3 is 0 Å². The van der Waals surface area contributed by atoms with E-state index >= 15 is 0 Å². The number of hydrogen-bond donors (Lipinski definition) is 1. The van der Waals surface area contributed by atoms with Crippen LogP contribution < -0.4 is 19.7 Å². The molecule has 0 bridgehead atoms. The van der Waals surface area contributed by atoms with Gasteiger partial charge in [0.1, 0.15) is 23.8 Å². The average molecular weight is 391 g/mol. The number of rotatable bonds is 9. The Morgan fingerprint density at radius 1 is 1.00 bits per heavy atom. The first-order valence-corrected chi connectivity index (χ1v) is 9.55. The van der Waals surface area contributed by atoms with E-state index < -0.39 is 0 Å². The van der Waals surface area contributed by atoms with E-state index in [0.717, 1.165) is 22.9 Å². The molecule has 6 heteroatoms. The number of carbonyl (C=O) groups excluding carboxylic acids is 1. The molecule has 29 heavy (non-hydrogen) atoms. The number of hydrogen-bond acceptors (Lipinski definition) is 5. The Bertz CT molecular complexity index is 897. The van der Waals surface area contributed by atoms with Crippen molar-refractivity contribution in [3.8, 4) is 11.5 Å². The number of methoxy groups -OCH3 is 1. The van der Waals surface area contributed by atoms with Crippen LogP contribution in [0.3, 0.4) is 0 Å². The zero-order chi connectivity index (χ0) is 20.5. The Balaban J connectivity index is 1.51. The van der Waals surface area contributed by atoms with Gasteiger partial charge in [0.2, 0.25) is 0 Å². The van der Waals surface area contributed by atoms with Gasteiger partial charge in [-0.1, -0.05) is 18.2 Å². The molecule has 3 rings (SSSR count). The van der Waals surface area contributed by atoms with E-state index in [1.165, 1.54) is 0 Å². The van der Waals surface area contributed by atoms with E-state index in [-0.39, 0.29) is 5.91 Å². The molecule has 0 atom stereocenters. The first-order chi connectivity index (χ1) is 14.2. The Morgan fingerprint density at radius 2 is 1.72 bits per heavy atom. The van der Waals surface area contributed by atoms with Crippen LogP contribution in [0.5, 0.6) is 11.5 Å². The van der Waals surface area contributed by atoms with Crippen LogP contribution in [0.4, 0.5) is 11.4 Å². The standard InChI is InChI=1S/C23H25N3O3/c1-3-26(19-7-5-4-6-8-19)23(27)22-14-9-18(17-25-22)24-15-16-29-21-12-10-20(28-2)11-13-21/h4-14,17,24H,3,15-16H2,1-2H3. The summed E-state index contributed by atoms with van der Waals surface area (Å²) in [6.45, 7) is 3.65. The number of para-hydroxylation sites is 1. The Hall–Kier alpha value is -3.54. The molecule has 0 radical (unpaired) electrons. The lowest BCUT2D eigenvalue weighted by atomic mass is 10.2. The van der Waals surface area contributed by atoms with Crippen LogP contribution in [0.25, 0.3) is 0 Å². The van der Waals surface area contributed by atoms with Gasteiger partial charge in [0.15, 0.2) is 0 Å². The van der Waals surface area contributed by atoms with Crippen LogP contribution in [0.2, 0.25) is 0 Å². The van der Waals surface area contributed by atoms with Crippen LogP contribution in [-0.4, -0.2) is 37.7 Å². The van der Waals surface area contributed by atoms with Crippen molar-refractivity contribution in [3.05, 3.63) is 78.6 Å². The average Bonchev–Trinajstić information content (AvgIpc) is 2.79. The molecule has 0 aliphatic heterocycles. The first kappa shape index (κ1) is 20.2. The number of nitrogens with one attached hydrogen (secondary N) is 1. The quantitative estimate of drug-likeness (QED) is 0.553. The highest BCUT2D eigenvalue weighted by Crippen LogP contribution is 2.18. The van der Waals surface area contributed by atoms with Gasteiger partial charge in [-0.25, -0.2) is 4.98 Å². The molecular formula is C23H25N3O3. The monoisotopic (exact) mass is 391 g/mol. The minimum Gasteiger partial charge on any atom is -0.497 e. The van der Waals surface area contributed by atoms with Crippen molar-refractivity contribution in [3.63, 3.8) is 0 Å². The van der Waals surface area contributed by atoms with E-state index in [4.69, 9.17) is 9.47 Å². The third-order valence-corrected chi connectivity index (χ3v) is 4.37. The number of anilines is 2. The lowest BCUT2D eigenvalue weighted by Gasteiger charge is -2.20. The van der Waals surface area contributed by atoms with Gasteiger partial charge in [-0.15, -0.1) is 0 Å². The maximum atomic E-state index is 12.8. The molecule has 1 amide bonds. The molecule has 0 aliphatic rings. The molecule has 0 saturated heterocycles. The molecule has 1 N–H and O–H groups in total. The summed E-state index contributed by atoms with van der Waals surface area (Å²) in [7, 11) is 1.63. The summed E-state index contributed by atoms with van der Waals surface area (Å²) in [6.07, 6.45) is 1.67. The molecule has 0 fully saturated rings. The summed E-state index contributed by atoms with van der Waals surface area (Å²) in [5.41, 5.74) is 2.11. The van der Waals surface area contributed by atoms with Gasteiger partial charge in [-0.2, -0.15) is 0 Å². The highest BCUT2D eigenvalue weighted by Gasteiger charge is 2.16. The number of pyridine rings is 1. The predicted molar refractivity (Wildman–Crippen MR) is 115 cm³/mol. The fourth-order valence-electron chi connectivity index (χ4n) is 2.85. The van der Waals surface area contributed by atoms with Crippen LogP contribution in [0.1, 0.15) is 17.4 Å². The summed E-state index contributed by atoms with van der Waals surface area (Å²) in [5, 5.41) is 3.24. The first-order valence-electron chi connectivity index (χ1n) is 9.55. The largest absolute Gasteiger partial charge is 0.497 e. The predicted octanol–water partition coefficient (Wildman–Crippen LogP) is 4.25. The second-order valence-corrected chi connectivity index (χ2v) is 6.27. The normalized spacial score (nSPS) is 10.3. The molecule has 1 aromatic heterocycles. The smallest absolute Gasteiger partial charge is 0.276 e. The third kappa shape index (κ3) is 5.48. The molecule has 6 nitrogen and oxygen atoms in total. The summed E-state index contributed by atoms with van der Waals surface area (Å²) >= 11 is 0. The van der Waals surface area contributed by atoms with Crippen LogP contribution in [0, 0.1) is 0 Å². The number of benzene rings is 2. The van der Waals surface area contributed by atoms with Crippen LogP contribution in [-0.2, 0) is 0 Å². The minimum atomic E-state index is -0.118. The molecule has 0 spiro atoms. The second kappa shape index (κ2) is 10.1. The van der Waals surface area contributed by atoms with Crippen molar-refractivity contribution in [1.82, 2.24) is 4.98 Å². The van der Waals surface area contributed by atoms with Crippen LogP contribution in [0.15, 0.2) is 72.9 Å². The summed E-state index contributed by atoms with van der Waals surface area (Å²) in [6, 6.07) is 20.6. The Morgan fingerprint density at radius 3 is 2.34 bits per heavy atom. The maximum Gasteiger partial charge on any atom is 0.276 e. The lowest BCUT2D eigenvalue weighted by molar-refractivity contribution is 0.0983. The van der Waals surface area contributed by atoms with Gasteiger partial charge in [0.05, 0.1) is 19.0 Å². The number of ether oxygens (including phenoxy) is 2. The topological polar surface area (TPSA) is 63.7 Å². The molecule has 0 aliphatic carbocycles. The van der Waals surface area contributed by atoms with Crippen molar-refractivity contribution in [2.45, 2.75) is 6.92 Å². The van der Waals surface area contributed by atoms with Crippen molar-refractivity contribution in [2.24, 2.45) is 0 Å². The molecule has 1 heterocycles. The zero-order valence-corrected chi connectivity index (χ0v) is 16.7. The van der Waals surface area contributed by atoms with E-state index in [9.17, 15) is 4.79 Å². The zero-order valence-electron chi connectivity index (χ0n) is 16.7. The number of nitrogens with zero attached hydrogens (tertiary/aromatic N) is 2. The van der Waals surface area contributed by atoms with Gasteiger partial charge in [0, 0.05) is 18.8 Å². The summed E-state index contributed by atoms with van der Waals surface area (Å²) in [4.78, 5) is 18.8. The maximum absolute atomic E-state index is 12.8. The lowest BCUT2D eigenvalue weighted by Crippen LogP contribution is -2.31. The summed E-state index contributed by atoms with van der Waals surface area (Å²) in [5.74, 6) is 1.46. The van der Waals surface area contributed by atoms with Crippen molar-refractivity contribution in [2.75, 3.05) is 37.0 Å². The van der Waals surface area contributed by atoms with Gasteiger partial charge < -0.3 is 19.7 Å². The minimum absolute atomic E-state index is 0.118. The van der Waals surface area contributed by atoms with Gasteiger partial charge in [-0.3, -0.25) is 4.79 Å². The fraction of sp³-hybridized carbons (Fsp3) is 0.217. The SMILES string of the molecule is CCN(C(=O)c1ccc(NCCOc2ccc(OC)cc2)cn1)c1ccccc1. The highest BCUT2D eigenvalue weighted by atomic mass is 16.5. The molecule has 2 aromatic carbocycles. The van der Waals surface area contributed by atoms with Gasteiger partial charge in [0.25, 0.3) is 5.91 Å². The molecule has 3 aromatic rings. The number of aromatic nitrogens is 1. The van der Waals surface area contributed by atoms with Crippen molar-refractivity contribution in [1.29, 1.82) is 0 Å². The molecule has 0 unspecified atom stereocenters. The second-order valence-electron chi connectivity index (χ2n) is 6.27. The Kier molecular flexibility index (Phi) is 7.05. The Labute approximate surface area is 171 Å². The third-order valence-electron chi connectivity index (χ3n) is 4.37. The fourth-order valence-corrected chi connectivity index (χ4v) is 2.85. The van der Waals surface area contributed by atoms with Gasteiger partial charge in [-0.05, 0) is 55.5 Å². The van der Waals surface area contributed by atoms with Crippen molar-refractivity contribution >= 4 is 17.3 Å². The van der Waals surface area contributed by atoms with E-state index in [0.29, 0.717) is 25.4 Å². The number of carbonyl (C=O) groups is 1. The summed E-state index contributed by atoms with van der Waals surface area (Å²) < 4.78 is 10.8. The number of amides is 1. The van der Waals surface area contributed by atoms with E-state index in [1.807, 2.05) is 67.6 Å². The molecule has 0 saturated carbocycles. The van der Waals surface area contributed by atoms with Crippen LogP contribution >= 0.6 is 0 Å².